The van der Waals surface area contributed by atoms with Gasteiger partial charge in [-0.05, 0) is 37.3 Å². The van der Waals surface area contributed by atoms with Crippen LogP contribution in [0.25, 0.3) is 0 Å². The van der Waals surface area contributed by atoms with Gasteiger partial charge in [0.25, 0.3) is 0 Å². The second-order valence-corrected chi connectivity index (χ2v) is 7.19. The molecule has 0 aliphatic carbocycles. The molecule has 4 nitrogen and oxygen atoms in total. The van der Waals surface area contributed by atoms with Crippen molar-refractivity contribution in [3.63, 3.8) is 0 Å². The van der Waals surface area contributed by atoms with Crippen molar-refractivity contribution in [1.29, 1.82) is 0 Å². The van der Waals surface area contributed by atoms with E-state index in [1.54, 1.807) is 6.92 Å². The van der Waals surface area contributed by atoms with E-state index >= 15 is 0 Å². The molecule has 3 rings (SSSR count). The van der Waals surface area contributed by atoms with E-state index in [0.29, 0.717) is 13.1 Å². The molecule has 0 aromatic heterocycles. The van der Waals surface area contributed by atoms with E-state index in [-0.39, 0.29) is 24.4 Å². The van der Waals surface area contributed by atoms with Crippen LogP contribution in [0, 0.1) is 0 Å². The number of aryl methyl sites for hydroxylation is 1. The molecule has 0 spiro atoms. The number of amides is 1. The fourth-order valence-electron chi connectivity index (χ4n) is 3.46. The zero-order chi connectivity index (χ0) is 18.4. The summed E-state index contributed by atoms with van der Waals surface area (Å²) in [6.45, 7) is 3.85. The molecule has 1 saturated heterocycles. The van der Waals surface area contributed by atoms with Crippen LogP contribution in [0.2, 0.25) is 0 Å². The topological polar surface area (TPSA) is 55.6 Å². The van der Waals surface area contributed by atoms with E-state index in [1.807, 2.05) is 41.3 Å². The second kappa shape index (κ2) is 9.88. The Morgan fingerprint density at radius 2 is 1.78 bits per heavy atom. The molecule has 146 valence electrons. The summed E-state index contributed by atoms with van der Waals surface area (Å²) in [5.74, 6) is -0.0286. The summed E-state index contributed by atoms with van der Waals surface area (Å²) in [7, 11) is 0. The Bertz CT molecular complexity index is 707. The maximum absolute atomic E-state index is 12.9. The number of rotatable bonds is 7. The second-order valence-electron chi connectivity index (χ2n) is 7.19. The van der Waals surface area contributed by atoms with Gasteiger partial charge in [0, 0.05) is 19.7 Å². The molecule has 1 fully saturated rings. The van der Waals surface area contributed by atoms with Gasteiger partial charge >= 0.3 is 0 Å². The monoisotopic (exact) mass is 388 g/mol. The SMILES string of the molecule is CC(N)(C(=O)N1CCC(OCCCc2ccccc2)C1)c1ccccc1.Cl. The van der Waals surface area contributed by atoms with E-state index in [0.717, 1.165) is 31.4 Å². The molecule has 2 aromatic rings. The third kappa shape index (κ3) is 5.55. The van der Waals surface area contributed by atoms with Crippen LogP contribution < -0.4 is 5.73 Å². The van der Waals surface area contributed by atoms with Gasteiger partial charge in [-0.25, -0.2) is 0 Å². The average molecular weight is 389 g/mol. The number of hydrogen-bond acceptors (Lipinski definition) is 3. The molecule has 27 heavy (non-hydrogen) atoms. The first-order valence-electron chi connectivity index (χ1n) is 9.36. The number of hydrogen-bond donors (Lipinski definition) is 1. The van der Waals surface area contributed by atoms with Gasteiger partial charge in [-0.2, -0.15) is 0 Å². The fraction of sp³-hybridized carbons (Fsp3) is 0.409. The standard InChI is InChI=1S/C22H28N2O2.ClH/c1-22(23,19-12-6-3-7-13-19)21(25)24-15-14-20(17-24)26-16-8-11-18-9-4-2-5-10-18;/h2-7,9-10,12-13,20H,8,11,14-17,23H2,1H3;1H. The van der Waals surface area contributed by atoms with Crippen LogP contribution in [0.15, 0.2) is 60.7 Å². The lowest BCUT2D eigenvalue weighted by atomic mass is 9.92. The van der Waals surface area contributed by atoms with Gasteiger partial charge in [0.2, 0.25) is 5.91 Å². The molecule has 0 bridgehead atoms. The van der Waals surface area contributed by atoms with E-state index in [9.17, 15) is 4.79 Å². The lowest BCUT2D eigenvalue weighted by Crippen LogP contribution is -2.50. The quantitative estimate of drug-likeness (QED) is 0.738. The Labute approximate surface area is 168 Å². The number of halogens is 1. The molecule has 1 aliphatic heterocycles. The minimum atomic E-state index is -0.997. The van der Waals surface area contributed by atoms with Gasteiger partial charge in [-0.3, -0.25) is 4.79 Å². The number of likely N-dealkylation sites (tertiary alicyclic amines) is 1. The van der Waals surface area contributed by atoms with Crippen LogP contribution in [0.5, 0.6) is 0 Å². The largest absolute Gasteiger partial charge is 0.376 e. The lowest BCUT2D eigenvalue weighted by Gasteiger charge is -2.29. The predicted octanol–water partition coefficient (Wildman–Crippen LogP) is 3.53. The molecule has 0 saturated carbocycles. The van der Waals surface area contributed by atoms with Gasteiger partial charge in [0.05, 0.1) is 6.10 Å². The molecule has 2 unspecified atom stereocenters. The highest BCUT2D eigenvalue weighted by atomic mass is 35.5. The zero-order valence-corrected chi connectivity index (χ0v) is 16.7. The first kappa shape index (κ1) is 21.4. The van der Waals surface area contributed by atoms with Gasteiger partial charge in [-0.15, -0.1) is 12.4 Å². The molecule has 1 heterocycles. The van der Waals surface area contributed by atoms with Crippen molar-refractivity contribution in [3.8, 4) is 0 Å². The molecule has 2 atom stereocenters. The Morgan fingerprint density at radius 3 is 2.44 bits per heavy atom. The van der Waals surface area contributed by atoms with Crippen molar-refractivity contribution in [2.24, 2.45) is 5.73 Å². The Morgan fingerprint density at radius 1 is 1.15 bits per heavy atom. The highest BCUT2D eigenvalue weighted by Gasteiger charge is 2.37. The summed E-state index contributed by atoms with van der Waals surface area (Å²) in [5.41, 5.74) is 7.54. The van der Waals surface area contributed by atoms with Crippen molar-refractivity contribution in [2.75, 3.05) is 19.7 Å². The van der Waals surface area contributed by atoms with Crippen molar-refractivity contribution >= 4 is 18.3 Å². The minimum absolute atomic E-state index is 0. The van der Waals surface area contributed by atoms with Gasteiger partial charge in [-0.1, -0.05) is 60.7 Å². The lowest BCUT2D eigenvalue weighted by molar-refractivity contribution is -0.136. The van der Waals surface area contributed by atoms with Crippen molar-refractivity contribution in [3.05, 3.63) is 71.8 Å². The molecular formula is C22H29ClN2O2. The van der Waals surface area contributed by atoms with Crippen LogP contribution in [0.3, 0.4) is 0 Å². The molecule has 0 radical (unpaired) electrons. The zero-order valence-electron chi connectivity index (χ0n) is 15.8. The van der Waals surface area contributed by atoms with Crippen LogP contribution in [0.1, 0.15) is 30.9 Å². The van der Waals surface area contributed by atoms with Crippen LogP contribution in [0.4, 0.5) is 0 Å². The van der Waals surface area contributed by atoms with Crippen LogP contribution in [-0.4, -0.2) is 36.6 Å². The Kier molecular flexibility index (Phi) is 7.84. The summed E-state index contributed by atoms with van der Waals surface area (Å²) >= 11 is 0. The average Bonchev–Trinajstić information content (AvgIpc) is 3.15. The number of carbonyl (C=O) groups is 1. The van der Waals surface area contributed by atoms with Crippen molar-refractivity contribution in [2.45, 2.75) is 37.8 Å². The number of ether oxygens (including phenoxy) is 1. The van der Waals surface area contributed by atoms with Gasteiger partial charge in [0.1, 0.15) is 5.54 Å². The summed E-state index contributed by atoms with van der Waals surface area (Å²) in [4.78, 5) is 14.7. The number of nitrogens with zero attached hydrogens (tertiary/aromatic N) is 1. The van der Waals surface area contributed by atoms with E-state index in [4.69, 9.17) is 10.5 Å². The third-order valence-corrected chi connectivity index (χ3v) is 5.06. The highest BCUT2D eigenvalue weighted by molar-refractivity contribution is 5.87. The Hall–Kier alpha value is -1.88. The predicted molar refractivity (Wildman–Crippen MR) is 111 cm³/mol. The molecule has 2 aromatic carbocycles. The first-order chi connectivity index (χ1) is 12.6. The molecular weight excluding hydrogens is 360 g/mol. The normalized spacial score (nSPS) is 18.6. The van der Waals surface area contributed by atoms with E-state index in [1.165, 1.54) is 5.56 Å². The number of nitrogens with two attached hydrogens (primary N) is 1. The molecule has 1 aliphatic rings. The smallest absolute Gasteiger partial charge is 0.247 e. The summed E-state index contributed by atoms with van der Waals surface area (Å²) in [6.07, 6.45) is 3.00. The fourth-order valence-corrected chi connectivity index (χ4v) is 3.46. The molecule has 2 N–H and O–H groups in total. The van der Waals surface area contributed by atoms with E-state index < -0.39 is 5.54 Å². The third-order valence-electron chi connectivity index (χ3n) is 5.06. The number of benzene rings is 2. The summed E-state index contributed by atoms with van der Waals surface area (Å²) in [5, 5.41) is 0. The Balaban J connectivity index is 0.00000261. The summed E-state index contributed by atoms with van der Waals surface area (Å²) in [6, 6.07) is 20.0. The van der Waals surface area contributed by atoms with Gasteiger partial charge in [0.15, 0.2) is 0 Å². The maximum atomic E-state index is 12.9. The maximum Gasteiger partial charge on any atom is 0.247 e. The molecule has 1 amide bonds. The highest BCUT2D eigenvalue weighted by Crippen LogP contribution is 2.24. The van der Waals surface area contributed by atoms with Crippen LogP contribution >= 0.6 is 12.4 Å². The minimum Gasteiger partial charge on any atom is -0.376 e. The number of carbonyl (C=O) groups excluding carboxylic acids is 1. The van der Waals surface area contributed by atoms with Crippen LogP contribution in [-0.2, 0) is 21.5 Å². The van der Waals surface area contributed by atoms with Crippen molar-refractivity contribution < 1.29 is 9.53 Å². The summed E-state index contributed by atoms with van der Waals surface area (Å²) < 4.78 is 5.99. The van der Waals surface area contributed by atoms with Gasteiger partial charge < -0.3 is 15.4 Å². The first-order valence-corrected chi connectivity index (χ1v) is 9.36. The molecule has 5 heteroatoms. The van der Waals surface area contributed by atoms with E-state index in [2.05, 4.69) is 24.3 Å². The van der Waals surface area contributed by atoms with Crippen molar-refractivity contribution in [1.82, 2.24) is 4.90 Å².